The van der Waals surface area contributed by atoms with Crippen LogP contribution in [0.2, 0.25) is 0 Å². The monoisotopic (exact) mass is 317 g/mol. The van der Waals surface area contributed by atoms with Gasteiger partial charge in [-0.05, 0) is 13.8 Å². The molecule has 0 saturated carbocycles. The van der Waals surface area contributed by atoms with Crippen LogP contribution in [0.1, 0.15) is 11.4 Å². The van der Waals surface area contributed by atoms with Crippen LogP contribution in [0.25, 0.3) is 0 Å². The molecule has 0 spiro atoms. The molecule has 3 fully saturated rings. The first-order valence-corrected chi connectivity index (χ1v) is 7.59. The lowest BCUT2D eigenvalue weighted by molar-refractivity contribution is -0.374. The van der Waals surface area contributed by atoms with Crippen molar-refractivity contribution in [2.75, 3.05) is 25.6 Å². The minimum absolute atomic E-state index is 0.160. The predicted molar refractivity (Wildman–Crippen MR) is 67.6 cm³/mol. The van der Waals surface area contributed by atoms with Crippen LogP contribution in [0.5, 0.6) is 0 Å². The normalized spacial score (nSPS) is 30.4. The van der Waals surface area contributed by atoms with Crippen molar-refractivity contribution in [2.24, 2.45) is 5.41 Å². The van der Waals surface area contributed by atoms with Crippen molar-refractivity contribution in [1.29, 1.82) is 0 Å². The lowest BCUT2D eigenvalue weighted by Crippen LogP contribution is -2.55. The molecule has 116 valence electrons. The number of aryl methyl sites for hydroxylation is 2. The van der Waals surface area contributed by atoms with Crippen LogP contribution in [0.4, 0.5) is 5.95 Å². The van der Waals surface area contributed by atoms with Crippen LogP contribution in [0, 0.1) is 19.3 Å². The summed E-state index contributed by atoms with van der Waals surface area (Å²) in [5.74, 6) is -0.819. The molecule has 0 atom stereocenters. The summed E-state index contributed by atoms with van der Waals surface area (Å²) >= 11 is 0. The molecular formula is C11H16N3O6P. The largest absolute Gasteiger partial charge is 0.549 e. The van der Waals surface area contributed by atoms with Crippen molar-refractivity contribution in [3.05, 3.63) is 17.5 Å². The van der Waals surface area contributed by atoms with Crippen LogP contribution in [0.3, 0.4) is 0 Å². The molecule has 0 unspecified atom stereocenters. The Balaban J connectivity index is 0.000000161. The van der Waals surface area contributed by atoms with Gasteiger partial charge in [-0.3, -0.25) is 19.3 Å². The fourth-order valence-corrected chi connectivity index (χ4v) is 3.26. The Morgan fingerprint density at radius 1 is 1.38 bits per heavy atom. The third kappa shape index (κ3) is 3.56. The maximum absolute atomic E-state index is 11.1. The minimum Gasteiger partial charge on any atom is -0.549 e. The lowest BCUT2D eigenvalue weighted by Gasteiger charge is -2.44. The van der Waals surface area contributed by atoms with Crippen LogP contribution in [-0.2, 0) is 22.9 Å². The maximum Gasteiger partial charge on any atom is 0.474 e. The Kier molecular flexibility index (Phi) is 4.29. The predicted octanol–water partition coefficient (Wildman–Crippen LogP) is -0.997. The Bertz CT molecular complexity index is 526. The summed E-state index contributed by atoms with van der Waals surface area (Å²) in [4.78, 5) is 17.4. The topological polar surface area (TPSA) is 138 Å². The summed E-state index contributed by atoms with van der Waals surface area (Å²) in [5.41, 5.74) is 6.11. The Morgan fingerprint density at radius 2 is 1.90 bits per heavy atom. The smallest absolute Gasteiger partial charge is 0.474 e. The number of hydrogen-bond donors (Lipinski definition) is 1. The van der Waals surface area contributed by atoms with E-state index in [2.05, 4.69) is 23.5 Å². The first-order valence-electron chi connectivity index (χ1n) is 6.13. The van der Waals surface area contributed by atoms with Gasteiger partial charge in [0.15, 0.2) is 0 Å². The summed E-state index contributed by atoms with van der Waals surface area (Å²) in [7, 11) is -3.40. The number of aromatic amines is 1. The molecule has 0 radical (unpaired) electrons. The molecule has 3 N–H and O–H groups in total. The SMILES string of the molecule is Cc1cc(C)[nH+]c(N)n1.O=C([O-])C12COP(=O)(OC1)OC2. The molecule has 1 aromatic heterocycles. The molecule has 3 aliphatic rings. The van der Waals surface area contributed by atoms with Gasteiger partial charge in [-0.25, -0.2) is 9.55 Å². The number of carboxylic acids is 1. The fraction of sp³-hybridized carbons (Fsp3) is 0.545. The van der Waals surface area contributed by atoms with Gasteiger partial charge in [0.25, 0.3) is 0 Å². The second-order valence-electron chi connectivity index (χ2n) is 4.93. The number of carbonyl (C=O) groups is 1. The molecule has 4 heterocycles. The van der Waals surface area contributed by atoms with Crippen LogP contribution in [-0.4, -0.2) is 30.8 Å². The van der Waals surface area contributed by atoms with Gasteiger partial charge in [0, 0.05) is 6.07 Å². The number of hydrogen-bond acceptors (Lipinski definition) is 8. The van der Waals surface area contributed by atoms with E-state index < -0.39 is 19.2 Å². The van der Waals surface area contributed by atoms with Crippen LogP contribution in [0.15, 0.2) is 6.07 Å². The van der Waals surface area contributed by atoms with Crippen LogP contribution < -0.4 is 15.8 Å². The zero-order valence-corrected chi connectivity index (χ0v) is 12.5. The Labute approximate surface area is 121 Å². The number of fused-ring (bicyclic) bond motifs is 3. The number of nitrogens with one attached hydrogen (secondary N) is 1. The van der Waals surface area contributed by atoms with E-state index in [1.807, 2.05) is 19.9 Å². The zero-order valence-electron chi connectivity index (χ0n) is 11.6. The lowest BCUT2D eigenvalue weighted by atomic mass is 9.92. The molecule has 3 saturated heterocycles. The molecule has 4 rings (SSSR count). The minimum atomic E-state index is -3.40. The number of aliphatic carboxylic acids is 1. The Hall–Kier alpha value is -1.54. The average molecular weight is 317 g/mol. The molecule has 0 aliphatic carbocycles. The third-order valence-electron chi connectivity index (χ3n) is 2.98. The highest BCUT2D eigenvalue weighted by Crippen LogP contribution is 2.59. The fourth-order valence-electron chi connectivity index (χ4n) is 1.82. The van der Waals surface area contributed by atoms with Gasteiger partial charge in [0.05, 0.1) is 36.9 Å². The average Bonchev–Trinajstić information content (AvgIpc) is 2.38. The molecule has 9 nitrogen and oxygen atoms in total. The number of nitrogens with two attached hydrogens (primary N) is 1. The number of H-pyrrole nitrogens is 1. The van der Waals surface area contributed by atoms with Crippen LogP contribution >= 0.6 is 7.82 Å². The van der Waals surface area contributed by atoms with Crippen molar-refractivity contribution in [1.82, 2.24) is 4.98 Å². The molecule has 0 amide bonds. The van der Waals surface area contributed by atoms with Gasteiger partial charge >= 0.3 is 13.8 Å². The van der Waals surface area contributed by atoms with Crippen molar-refractivity contribution < 1.29 is 33.0 Å². The molecular weight excluding hydrogens is 301 g/mol. The van der Waals surface area contributed by atoms with Crippen molar-refractivity contribution in [3.63, 3.8) is 0 Å². The van der Waals surface area contributed by atoms with Gasteiger partial charge in [-0.2, -0.15) is 0 Å². The van der Waals surface area contributed by atoms with Gasteiger partial charge in [0.1, 0.15) is 5.69 Å². The number of phosphoric acid groups is 1. The van der Waals surface area contributed by atoms with Gasteiger partial charge in [-0.15, -0.1) is 0 Å². The summed E-state index contributed by atoms with van der Waals surface area (Å²) in [6, 6.07) is 1.94. The van der Waals surface area contributed by atoms with E-state index in [0.717, 1.165) is 11.4 Å². The highest BCUT2D eigenvalue weighted by molar-refractivity contribution is 7.48. The zero-order chi connectivity index (χ0) is 15.7. The molecule has 0 aromatic carbocycles. The van der Waals surface area contributed by atoms with E-state index >= 15 is 0 Å². The van der Waals surface area contributed by atoms with Crippen molar-refractivity contribution >= 4 is 19.7 Å². The second kappa shape index (κ2) is 5.69. The molecule has 3 aliphatic heterocycles. The van der Waals surface area contributed by atoms with Gasteiger partial charge in [-0.1, -0.05) is 4.98 Å². The second-order valence-corrected chi connectivity index (χ2v) is 6.60. The highest BCUT2D eigenvalue weighted by Gasteiger charge is 2.51. The number of nitrogens with zero attached hydrogens (tertiary/aromatic N) is 1. The van der Waals surface area contributed by atoms with E-state index in [0.29, 0.717) is 5.95 Å². The highest BCUT2D eigenvalue weighted by atomic mass is 31.2. The summed E-state index contributed by atoms with van der Waals surface area (Å²) in [6.07, 6.45) is 0. The quantitative estimate of drug-likeness (QED) is 0.651. The first-order chi connectivity index (χ1) is 9.75. The van der Waals surface area contributed by atoms with Crippen molar-refractivity contribution in [2.45, 2.75) is 13.8 Å². The molecule has 2 bridgehead atoms. The van der Waals surface area contributed by atoms with E-state index in [1.165, 1.54) is 0 Å². The Morgan fingerprint density at radius 3 is 2.29 bits per heavy atom. The van der Waals surface area contributed by atoms with E-state index in [1.54, 1.807) is 0 Å². The number of phosphoric ester groups is 1. The number of carboxylic acid groups (broad SMARTS) is 1. The van der Waals surface area contributed by atoms with Gasteiger partial charge < -0.3 is 9.90 Å². The number of anilines is 1. The number of nitrogen functional groups attached to an aromatic ring is 1. The van der Waals surface area contributed by atoms with Crippen molar-refractivity contribution in [3.8, 4) is 0 Å². The van der Waals surface area contributed by atoms with E-state index in [-0.39, 0.29) is 19.8 Å². The summed E-state index contributed by atoms with van der Waals surface area (Å²) < 4.78 is 25.0. The molecule has 10 heteroatoms. The third-order valence-corrected chi connectivity index (χ3v) is 4.31. The first kappa shape index (κ1) is 15.8. The van der Waals surface area contributed by atoms with E-state index in [9.17, 15) is 14.5 Å². The standard InChI is InChI=1S/C6H9N3.C5H7O6P/c1-4-3-5(2)9-6(7)8-4;6-4(7)5-1-9-12(8,10-2-5)11-3-5/h3H,1-2H3,(H2,7,8,9);1-3H2,(H,6,7). The summed E-state index contributed by atoms with van der Waals surface area (Å²) in [5, 5.41) is 10.6. The molecule has 1 aromatic rings. The summed E-state index contributed by atoms with van der Waals surface area (Å²) in [6.45, 7) is 3.38. The molecule has 21 heavy (non-hydrogen) atoms. The van der Waals surface area contributed by atoms with Gasteiger partial charge in [0.2, 0.25) is 0 Å². The maximum atomic E-state index is 11.1. The number of carbonyl (C=O) groups excluding carboxylic acids is 1. The number of aromatic nitrogens is 2. The van der Waals surface area contributed by atoms with E-state index in [4.69, 9.17) is 5.73 Å². The number of rotatable bonds is 1.